The van der Waals surface area contributed by atoms with Crippen molar-refractivity contribution in [2.75, 3.05) is 6.54 Å². The number of rotatable bonds is 5. The van der Waals surface area contributed by atoms with Crippen LogP contribution in [0.3, 0.4) is 0 Å². The van der Waals surface area contributed by atoms with E-state index >= 15 is 0 Å². The molecule has 0 unspecified atom stereocenters. The zero-order valence-electron chi connectivity index (χ0n) is 10.2. The third-order valence-corrected chi connectivity index (χ3v) is 3.00. The summed E-state index contributed by atoms with van der Waals surface area (Å²) in [5.41, 5.74) is 1.54. The number of nitrogens with one attached hydrogen (secondary N) is 1. The molecule has 0 aliphatic carbocycles. The van der Waals surface area contributed by atoms with E-state index in [2.05, 4.69) is 10.4 Å². The van der Waals surface area contributed by atoms with Gasteiger partial charge in [0.25, 0.3) is 0 Å². The van der Waals surface area contributed by atoms with Crippen LogP contribution in [0.5, 0.6) is 0 Å². The molecule has 0 aliphatic heterocycles. The van der Waals surface area contributed by atoms with Gasteiger partial charge in [0.1, 0.15) is 5.82 Å². The molecule has 1 N–H and O–H groups in total. The Morgan fingerprint density at radius 2 is 2.28 bits per heavy atom. The van der Waals surface area contributed by atoms with E-state index in [-0.39, 0.29) is 5.82 Å². The number of hydrogen-bond donors (Lipinski definition) is 1. The van der Waals surface area contributed by atoms with Crippen LogP contribution in [0.2, 0.25) is 5.02 Å². The number of benzene rings is 1. The minimum absolute atomic E-state index is 0.300. The van der Waals surface area contributed by atoms with Gasteiger partial charge in [-0.1, -0.05) is 24.6 Å². The van der Waals surface area contributed by atoms with Crippen molar-refractivity contribution in [2.24, 2.45) is 0 Å². The van der Waals surface area contributed by atoms with Crippen LogP contribution in [-0.4, -0.2) is 16.3 Å². The molecule has 1 aromatic heterocycles. The maximum atomic E-state index is 13.6. The molecule has 0 atom stereocenters. The van der Waals surface area contributed by atoms with E-state index in [9.17, 15) is 4.39 Å². The lowest BCUT2D eigenvalue weighted by Crippen LogP contribution is -2.11. The molecule has 0 radical (unpaired) electrons. The Bertz CT molecular complexity index is 504. The Labute approximate surface area is 111 Å². The Kier molecular flexibility index (Phi) is 4.33. The first-order chi connectivity index (χ1) is 8.70. The van der Waals surface area contributed by atoms with Gasteiger partial charge >= 0.3 is 0 Å². The standard InChI is InChI=1S/C13H15ClFN3/c1-2-16-6-10-7-17-18(8-10)9-11-12(14)4-3-5-13(11)15/h3-5,7-8,16H,2,6,9H2,1H3. The van der Waals surface area contributed by atoms with Crippen molar-refractivity contribution in [3.05, 3.63) is 52.6 Å². The summed E-state index contributed by atoms with van der Waals surface area (Å²) in [4.78, 5) is 0. The number of nitrogens with zero attached hydrogens (tertiary/aromatic N) is 2. The van der Waals surface area contributed by atoms with Crippen LogP contribution in [-0.2, 0) is 13.1 Å². The maximum absolute atomic E-state index is 13.6. The average molecular weight is 268 g/mol. The first-order valence-electron chi connectivity index (χ1n) is 5.85. The van der Waals surface area contributed by atoms with Gasteiger partial charge in [0.2, 0.25) is 0 Å². The second-order valence-electron chi connectivity index (χ2n) is 4.03. The minimum atomic E-state index is -0.300. The van der Waals surface area contributed by atoms with Gasteiger partial charge in [-0.05, 0) is 18.7 Å². The zero-order valence-corrected chi connectivity index (χ0v) is 10.9. The zero-order chi connectivity index (χ0) is 13.0. The van der Waals surface area contributed by atoms with Gasteiger partial charge in [-0.3, -0.25) is 4.68 Å². The summed E-state index contributed by atoms with van der Waals surface area (Å²) < 4.78 is 15.3. The molecule has 0 saturated carbocycles. The molecular weight excluding hydrogens is 253 g/mol. The highest BCUT2D eigenvalue weighted by Crippen LogP contribution is 2.19. The first-order valence-corrected chi connectivity index (χ1v) is 6.23. The summed E-state index contributed by atoms with van der Waals surface area (Å²) >= 11 is 5.98. The second kappa shape index (κ2) is 5.98. The molecule has 3 nitrogen and oxygen atoms in total. The fourth-order valence-electron chi connectivity index (χ4n) is 1.70. The fourth-order valence-corrected chi connectivity index (χ4v) is 1.92. The van der Waals surface area contributed by atoms with Crippen molar-refractivity contribution >= 4 is 11.6 Å². The molecular formula is C13H15ClFN3. The summed E-state index contributed by atoms with van der Waals surface area (Å²) in [7, 11) is 0. The minimum Gasteiger partial charge on any atom is -0.313 e. The first kappa shape index (κ1) is 13.1. The molecule has 0 aliphatic rings. The van der Waals surface area contributed by atoms with Crippen molar-refractivity contribution < 1.29 is 4.39 Å². The van der Waals surface area contributed by atoms with Crippen LogP contribution in [0.25, 0.3) is 0 Å². The van der Waals surface area contributed by atoms with E-state index in [0.717, 1.165) is 18.7 Å². The highest BCUT2D eigenvalue weighted by molar-refractivity contribution is 6.31. The van der Waals surface area contributed by atoms with Gasteiger partial charge in [0, 0.05) is 28.9 Å². The molecule has 0 fully saturated rings. The largest absolute Gasteiger partial charge is 0.313 e. The van der Waals surface area contributed by atoms with Crippen LogP contribution < -0.4 is 5.32 Å². The van der Waals surface area contributed by atoms with Gasteiger partial charge < -0.3 is 5.32 Å². The predicted octanol–water partition coefficient (Wildman–Crippen LogP) is 2.83. The van der Waals surface area contributed by atoms with Crippen molar-refractivity contribution in [1.29, 1.82) is 0 Å². The molecule has 0 amide bonds. The van der Waals surface area contributed by atoms with Crippen LogP contribution in [0.4, 0.5) is 4.39 Å². The lowest BCUT2D eigenvalue weighted by Gasteiger charge is -2.05. The topological polar surface area (TPSA) is 29.9 Å². The quantitative estimate of drug-likeness (QED) is 0.903. The van der Waals surface area contributed by atoms with Crippen LogP contribution >= 0.6 is 11.6 Å². The third kappa shape index (κ3) is 3.09. The maximum Gasteiger partial charge on any atom is 0.129 e. The van der Waals surface area contributed by atoms with E-state index in [4.69, 9.17) is 11.6 Å². The molecule has 0 saturated heterocycles. The van der Waals surface area contributed by atoms with Gasteiger partial charge in [0.15, 0.2) is 0 Å². The van der Waals surface area contributed by atoms with Crippen molar-refractivity contribution in [3.63, 3.8) is 0 Å². The summed E-state index contributed by atoms with van der Waals surface area (Å²) in [6.07, 6.45) is 3.67. The van der Waals surface area contributed by atoms with E-state index < -0.39 is 0 Å². The van der Waals surface area contributed by atoms with Crippen LogP contribution in [0, 0.1) is 5.82 Å². The molecule has 0 spiro atoms. The SMILES string of the molecule is CCNCc1cnn(Cc2c(F)cccc2Cl)c1. The Morgan fingerprint density at radius 3 is 3.00 bits per heavy atom. The smallest absolute Gasteiger partial charge is 0.129 e. The highest BCUT2D eigenvalue weighted by atomic mass is 35.5. The molecule has 5 heteroatoms. The number of halogens is 2. The van der Waals surface area contributed by atoms with Crippen LogP contribution in [0.15, 0.2) is 30.6 Å². The molecule has 2 aromatic rings. The molecule has 18 heavy (non-hydrogen) atoms. The third-order valence-electron chi connectivity index (χ3n) is 2.65. The van der Waals surface area contributed by atoms with Crippen molar-refractivity contribution in [1.82, 2.24) is 15.1 Å². The van der Waals surface area contributed by atoms with Gasteiger partial charge in [-0.2, -0.15) is 5.10 Å². The molecule has 1 heterocycles. The Hall–Kier alpha value is -1.39. The normalized spacial score (nSPS) is 10.8. The van der Waals surface area contributed by atoms with E-state index in [1.165, 1.54) is 6.07 Å². The Balaban J connectivity index is 2.11. The van der Waals surface area contributed by atoms with E-state index in [0.29, 0.717) is 17.1 Å². The van der Waals surface area contributed by atoms with Crippen molar-refractivity contribution in [2.45, 2.75) is 20.0 Å². The second-order valence-corrected chi connectivity index (χ2v) is 4.43. The molecule has 1 aromatic carbocycles. The highest BCUT2D eigenvalue weighted by Gasteiger charge is 2.08. The molecule has 2 rings (SSSR count). The number of hydrogen-bond acceptors (Lipinski definition) is 2. The monoisotopic (exact) mass is 267 g/mol. The lowest BCUT2D eigenvalue weighted by atomic mass is 10.2. The van der Waals surface area contributed by atoms with Gasteiger partial charge in [-0.25, -0.2) is 4.39 Å². The summed E-state index contributed by atoms with van der Waals surface area (Å²) in [6.45, 7) is 4.06. The lowest BCUT2D eigenvalue weighted by molar-refractivity contribution is 0.585. The van der Waals surface area contributed by atoms with Gasteiger partial charge in [-0.15, -0.1) is 0 Å². The molecule has 96 valence electrons. The molecule has 0 bridgehead atoms. The summed E-state index contributed by atoms with van der Waals surface area (Å²) in [5, 5.41) is 7.84. The summed E-state index contributed by atoms with van der Waals surface area (Å²) in [5.74, 6) is -0.300. The van der Waals surface area contributed by atoms with E-state index in [1.807, 2.05) is 13.1 Å². The number of aromatic nitrogens is 2. The van der Waals surface area contributed by atoms with Crippen molar-refractivity contribution in [3.8, 4) is 0 Å². The van der Waals surface area contributed by atoms with Gasteiger partial charge in [0.05, 0.1) is 12.7 Å². The average Bonchev–Trinajstić information content (AvgIpc) is 2.79. The Morgan fingerprint density at radius 1 is 1.44 bits per heavy atom. The summed E-state index contributed by atoms with van der Waals surface area (Å²) in [6, 6.07) is 4.69. The predicted molar refractivity (Wildman–Crippen MR) is 70.1 cm³/mol. The van der Waals surface area contributed by atoms with Crippen LogP contribution in [0.1, 0.15) is 18.1 Å². The fraction of sp³-hybridized carbons (Fsp3) is 0.308. The van der Waals surface area contributed by atoms with E-state index in [1.54, 1.807) is 23.0 Å².